The van der Waals surface area contributed by atoms with E-state index in [1.807, 2.05) is 51.2 Å². The number of Topliss-reactive ketones (excluding diaryl/α,β-unsaturated/α-hetero) is 2. The van der Waals surface area contributed by atoms with Crippen LogP contribution in [-0.2, 0) is 54.1 Å². The van der Waals surface area contributed by atoms with Gasteiger partial charge in [-0.1, -0.05) is 64.2 Å². The maximum Gasteiger partial charge on any atom is 0.407 e. The number of ether oxygens (including phenoxy) is 6. The number of ketones is 2. The topological polar surface area (TPSA) is 268 Å². The van der Waals surface area contributed by atoms with Gasteiger partial charge >= 0.3 is 12.1 Å². The average Bonchev–Trinajstić information content (AvgIpc) is 3.40. The summed E-state index contributed by atoms with van der Waals surface area (Å²) in [5.74, 6) is -7.17. The summed E-state index contributed by atoms with van der Waals surface area (Å²) < 4.78 is 36.1. The number of nitrogens with two attached hydrogens (primary N) is 1. The van der Waals surface area contributed by atoms with Crippen LogP contribution in [0.4, 0.5) is 4.79 Å². The van der Waals surface area contributed by atoms with E-state index in [4.69, 9.17) is 34.2 Å². The summed E-state index contributed by atoms with van der Waals surface area (Å²) in [7, 11) is 4.62. The SMILES string of the molecule is CO[C@H]1C[C@@H]2CC[C@@H](C)[C@@](O)(O2)C(=O)C(=O)N2CCCC[C@H]2C(=O)O[C@H]([C@H](N)C[C@@H]2CC[C@@H](OC(=O)NCc3cnc(C)nc3)[C@H](OC)C2)C[C@@H](OC)[C@H](C)/C=C(\C)[C@@H](O)[C@@H](O)C(=O)C(C)C[C@H](C)/C=C/C=CC=C1C. The maximum atomic E-state index is 14.7. The lowest BCUT2D eigenvalue weighted by molar-refractivity contribution is -0.265. The molecule has 0 spiro atoms. The van der Waals surface area contributed by atoms with Crippen molar-refractivity contribution in [1.29, 1.82) is 0 Å². The lowest BCUT2D eigenvalue weighted by atomic mass is 9.80. The molecular formula is C57H87N5O14. The molecule has 2 saturated heterocycles. The molecule has 1 aromatic rings. The highest BCUT2D eigenvalue weighted by molar-refractivity contribution is 6.39. The molecule has 0 aromatic carbocycles. The fourth-order valence-electron chi connectivity index (χ4n) is 11.1. The molecule has 1 saturated carbocycles. The van der Waals surface area contributed by atoms with E-state index in [2.05, 4.69) is 15.3 Å². The molecule has 19 heteroatoms. The highest BCUT2D eigenvalue weighted by Gasteiger charge is 2.53. The second-order valence-electron chi connectivity index (χ2n) is 21.8. The number of fused-ring (bicyclic) bond motifs is 3. The predicted octanol–water partition coefficient (Wildman–Crippen LogP) is 5.70. The second-order valence-corrected chi connectivity index (χ2v) is 21.8. The molecule has 16 atom stereocenters. The van der Waals surface area contributed by atoms with Gasteiger partial charge in [0.05, 0.1) is 24.4 Å². The summed E-state index contributed by atoms with van der Waals surface area (Å²) >= 11 is 0. The molecule has 3 aliphatic heterocycles. The second kappa shape index (κ2) is 29.3. The molecule has 2 amide bonds. The van der Waals surface area contributed by atoms with Gasteiger partial charge in [-0.15, -0.1) is 0 Å². The molecule has 4 heterocycles. The smallest absolute Gasteiger partial charge is 0.407 e. The van der Waals surface area contributed by atoms with Crippen LogP contribution in [0.1, 0.15) is 130 Å². The number of carbonyl (C=O) groups excluding carboxylic acids is 5. The minimum atomic E-state index is -2.46. The van der Waals surface area contributed by atoms with Crippen molar-refractivity contribution in [3.05, 3.63) is 71.4 Å². The van der Waals surface area contributed by atoms with Gasteiger partial charge in [0, 0.05) is 89.0 Å². The van der Waals surface area contributed by atoms with E-state index in [0.29, 0.717) is 81.2 Å². The molecule has 76 heavy (non-hydrogen) atoms. The minimum Gasteiger partial charge on any atom is -0.459 e. The number of amides is 2. The van der Waals surface area contributed by atoms with Crippen molar-refractivity contribution in [1.82, 2.24) is 20.2 Å². The number of piperidine rings is 1. The first-order valence-electron chi connectivity index (χ1n) is 27.2. The molecule has 6 N–H and O–H groups in total. The Morgan fingerprint density at radius 2 is 1.55 bits per heavy atom. The summed E-state index contributed by atoms with van der Waals surface area (Å²) in [5.41, 5.74) is 9.01. The Labute approximate surface area is 449 Å². The van der Waals surface area contributed by atoms with Gasteiger partial charge in [0.15, 0.2) is 5.78 Å². The van der Waals surface area contributed by atoms with Gasteiger partial charge in [-0.05, 0) is 108 Å². The van der Waals surface area contributed by atoms with Gasteiger partial charge in [-0.25, -0.2) is 19.6 Å². The van der Waals surface area contributed by atoms with Crippen LogP contribution in [0.2, 0.25) is 0 Å². The van der Waals surface area contributed by atoms with Crippen LogP contribution in [-0.4, -0.2) is 154 Å². The summed E-state index contributed by atoms with van der Waals surface area (Å²) in [6.45, 7) is 12.8. The number of aliphatic hydroxyl groups excluding tert-OH is 2. The van der Waals surface area contributed by atoms with Gasteiger partial charge < -0.3 is 59.7 Å². The third-order valence-electron chi connectivity index (χ3n) is 16.0. The van der Waals surface area contributed by atoms with Crippen LogP contribution in [0.5, 0.6) is 0 Å². The van der Waals surface area contributed by atoms with Gasteiger partial charge in [0.2, 0.25) is 5.79 Å². The first-order chi connectivity index (χ1) is 36.1. The highest BCUT2D eigenvalue weighted by atomic mass is 16.6. The number of cyclic esters (lactones) is 1. The molecule has 1 aliphatic carbocycles. The van der Waals surface area contributed by atoms with Gasteiger partial charge in [-0.3, -0.25) is 14.4 Å². The number of carbonyl (C=O) groups is 5. The predicted molar refractivity (Wildman–Crippen MR) is 283 cm³/mol. The zero-order chi connectivity index (χ0) is 55.9. The number of alkyl carbamates (subject to hydrolysis) is 1. The molecule has 1 aromatic heterocycles. The molecule has 4 aliphatic rings. The number of aliphatic hydroxyl groups is 3. The molecule has 5 rings (SSSR count). The summed E-state index contributed by atoms with van der Waals surface area (Å²) in [6.07, 6.45) is 11.7. The Kier molecular flexibility index (Phi) is 23.9. The Hall–Kier alpha value is -4.73. The number of allylic oxidation sites excluding steroid dienone is 5. The number of methoxy groups -OCH3 is 3. The van der Waals surface area contributed by atoms with Gasteiger partial charge in [0.25, 0.3) is 11.7 Å². The third-order valence-corrected chi connectivity index (χ3v) is 16.0. The third kappa shape index (κ3) is 16.9. The van der Waals surface area contributed by atoms with Crippen LogP contribution in [0.25, 0.3) is 0 Å². The number of nitrogens with one attached hydrogen (secondary N) is 1. The number of rotatable bonds is 9. The Bertz CT molecular complexity index is 2220. The zero-order valence-corrected chi connectivity index (χ0v) is 46.4. The number of aryl methyl sites for hydroxylation is 1. The summed E-state index contributed by atoms with van der Waals surface area (Å²) in [4.78, 5) is 79.4. The first-order valence-corrected chi connectivity index (χ1v) is 27.2. The van der Waals surface area contributed by atoms with Crippen molar-refractivity contribution < 1.29 is 67.7 Å². The maximum absolute atomic E-state index is 14.7. The summed E-state index contributed by atoms with van der Waals surface area (Å²) in [5, 5.41) is 37.3. The van der Waals surface area contributed by atoms with Crippen molar-refractivity contribution in [2.75, 3.05) is 27.9 Å². The molecule has 3 fully saturated rings. The fourth-order valence-corrected chi connectivity index (χ4v) is 11.1. The van der Waals surface area contributed by atoms with E-state index < -0.39 is 114 Å². The molecule has 424 valence electrons. The van der Waals surface area contributed by atoms with E-state index in [0.717, 1.165) is 5.57 Å². The number of esters is 1. The Balaban J connectivity index is 1.42. The lowest BCUT2D eigenvalue weighted by Crippen LogP contribution is -2.61. The molecule has 1 unspecified atom stereocenters. The minimum absolute atomic E-state index is 0.0385. The highest BCUT2D eigenvalue weighted by Crippen LogP contribution is 2.38. The zero-order valence-electron chi connectivity index (χ0n) is 46.4. The number of hydrogen-bond acceptors (Lipinski definition) is 17. The fraction of sp³-hybridized carbons (Fsp3) is 0.702. The largest absolute Gasteiger partial charge is 0.459 e. The average molecular weight is 1070 g/mol. The van der Waals surface area contributed by atoms with Crippen LogP contribution in [0.3, 0.4) is 0 Å². The van der Waals surface area contributed by atoms with Crippen molar-refractivity contribution in [2.24, 2.45) is 35.3 Å². The van der Waals surface area contributed by atoms with Crippen molar-refractivity contribution in [3.8, 4) is 0 Å². The van der Waals surface area contributed by atoms with Crippen molar-refractivity contribution >= 4 is 29.5 Å². The van der Waals surface area contributed by atoms with Gasteiger partial charge in [0.1, 0.15) is 36.3 Å². The number of hydrogen-bond donors (Lipinski definition) is 5. The van der Waals surface area contributed by atoms with E-state index in [1.54, 1.807) is 60.4 Å². The molecule has 0 radical (unpaired) electrons. The molecule has 19 nitrogen and oxygen atoms in total. The normalized spacial score (nSPS) is 35.9. The van der Waals surface area contributed by atoms with Crippen molar-refractivity contribution in [3.63, 3.8) is 0 Å². The van der Waals surface area contributed by atoms with E-state index >= 15 is 0 Å². The molecule has 2 bridgehead atoms. The number of nitrogens with zero attached hydrogens (tertiary/aromatic N) is 3. The Morgan fingerprint density at radius 1 is 0.842 bits per heavy atom. The van der Waals surface area contributed by atoms with Crippen LogP contribution in [0, 0.1) is 36.5 Å². The molecular weight excluding hydrogens is 979 g/mol. The quantitative estimate of drug-likeness (QED) is 0.113. The summed E-state index contributed by atoms with van der Waals surface area (Å²) in [6, 6.07) is -1.97. The lowest BCUT2D eigenvalue weighted by Gasteiger charge is -2.43. The Morgan fingerprint density at radius 3 is 2.24 bits per heavy atom. The van der Waals surface area contributed by atoms with Crippen LogP contribution < -0.4 is 11.1 Å². The van der Waals surface area contributed by atoms with Crippen molar-refractivity contribution in [2.45, 2.75) is 199 Å². The van der Waals surface area contributed by atoms with E-state index in [9.17, 15) is 39.3 Å². The van der Waals surface area contributed by atoms with E-state index in [1.165, 1.54) is 12.0 Å². The van der Waals surface area contributed by atoms with Crippen LogP contribution >= 0.6 is 0 Å². The van der Waals surface area contributed by atoms with Gasteiger partial charge in [-0.2, -0.15) is 0 Å². The van der Waals surface area contributed by atoms with E-state index in [-0.39, 0.29) is 37.8 Å². The first kappa shape index (κ1) is 62.1. The van der Waals surface area contributed by atoms with Crippen LogP contribution in [0.15, 0.2) is 60.0 Å². The standard InChI is InChI=1S/C57H87N5O14/c1-33-16-12-11-13-17-34(2)46(71-8)28-42-21-19-38(6)57(70,76-42)53(66)54(67)62-23-15-14-18-44(62)55(68)74-48(29-47(72-9)35(3)25-37(5)51(64)52(65)50(63)36(4)24-33)43(58)26-40-20-22-45(49(27-40)73-10)75-56(69)61-32-41-30-59-39(7)60-31-41/h11-13,16-17,25,30-31,33,35-36,38,40,42-49,51-52,64-65,70H,14-15,18-24,26-29,32,58H2,1-10H3,(H,61,69)/b13-11?,16-12+,34-17?,37-25+/t33-,35-,36?,38-,40+,42+,43-,44+,45-,46+,47-,48+,49-,51-,52+,57-/m1/s1. The number of aromatic nitrogens is 2. The monoisotopic (exact) mass is 1070 g/mol.